The van der Waals surface area contributed by atoms with Gasteiger partial charge in [-0.15, -0.1) is 0 Å². The summed E-state index contributed by atoms with van der Waals surface area (Å²) in [4.78, 5) is 11.7. The maximum atomic E-state index is 13.2. The predicted molar refractivity (Wildman–Crippen MR) is 75.5 cm³/mol. The second-order valence-electron chi connectivity index (χ2n) is 3.57. The van der Waals surface area contributed by atoms with Gasteiger partial charge in [0, 0.05) is 24.5 Å². The zero-order valence-corrected chi connectivity index (χ0v) is 12.2. The van der Waals surface area contributed by atoms with E-state index < -0.39 is 5.82 Å². The molecular formula is C12H15BrFNO2S. The summed E-state index contributed by atoms with van der Waals surface area (Å²) in [5.74, 6) is 0.938. The van der Waals surface area contributed by atoms with Crippen LogP contribution in [-0.2, 0) is 0 Å². The molecule has 1 aromatic rings. The second-order valence-corrected chi connectivity index (χ2v) is 5.65. The van der Waals surface area contributed by atoms with E-state index in [9.17, 15) is 9.18 Å². The number of hydrogen-bond acceptors (Lipinski definition) is 3. The van der Waals surface area contributed by atoms with Crippen molar-refractivity contribution in [2.45, 2.75) is 6.42 Å². The highest BCUT2D eigenvalue weighted by molar-refractivity contribution is 9.10. The number of nitrogens with one attached hydrogen (secondary N) is 1. The van der Waals surface area contributed by atoms with Crippen LogP contribution in [-0.4, -0.2) is 35.7 Å². The number of carbonyl (C=O) groups excluding carboxylic acids is 1. The third-order valence-electron chi connectivity index (χ3n) is 2.16. The molecule has 1 amide bonds. The summed E-state index contributed by atoms with van der Waals surface area (Å²) < 4.78 is 13.6. The lowest BCUT2D eigenvalue weighted by Gasteiger charge is -2.05. The molecule has 0 unspecified atom stereocenters. The number of amides is 1. The summed E-state index contributed by atoms with van der Waals surface area (Å²) in [7, 11) is 0. The molecule has 0 saturated carbocycles. The molecule has 0 aliphatic carbocycles. The Balaban J connectivity index is 2.30. The molecule has 0 heterocycles. The molecule has 0 aromatic heterocycles. The number of rotatable bonds is 7. The van der Waals surface area contributed by atoms with Gasteiger partial charge in [0.05, 0.1) is 4.47 Å². The summed E-state index contributed by atoms with van der Waals surface area (Å²) >= 11 is 4.70. The van der Waals surface area contributed by atoms with Crippen LogP contribution in [0.5, 0.6) is 0 Å². The highest BCUT2D eigenvalue weighted by atomic mass is 79.9. The van der Waals surface area contributed by atoms with Crippen LogP contribution in [0.25, 0.3) is 0 Å². The molecule has 0 radical (unpaired) electrons. The topological polar surface area (TPSA) is 49.3 Å². The Labute approximate surface area is 118 Å². The number of halogens is 2. The fraction of sp³-hybridized carbons (Fsp3) is 0.417. The van der Waals surface area contributed by atoms with Gasteiger partial charge in [0.15, 0.2) is 0 Å². The van der Waals surface area contributed by atoms with Crippen molar-refractivity contribution < 1.29 is 14.3 Å². The molecule has 1 rings (SSSR count). The lowest BCUT2D eigenvalue weighted by atomic mass is 10.2. The molecule has 3 nitrogen and oxygen atoms in total. The molecule has 0 aliphatic heterocycles. The van der Waals surface area contributed by atoms with Crippen molar-refractivity contribution >= 4 is 33.6 Å². The molecule has 100 valence electrons. The standard InChI is InChI=1S/C12H15BrFNO2S/c13-10-3-2-9(8-11(10)14)12(17)15-4-7-18-6-1-5-16/h2-3,8,16H,1,4-7H2,(H,15,17). The van der Waals surface area contributed by atoms with Gasteiger partial charge in [0.25, 0.3) is 5.91 Å². The maximum absolute atomic E-state index is 13.2. The molecule has 2 N–H and O–H groups in total. The molecule has 0 fully saturated rings. The van der Waals surface area contributed by atoms with E-state index in [0.717, 1.165) is 17.9 Å². The zero-order valence-electron chi connectivity index (χ0n) is 9.79. The Hall–Kier alpha value is -0.590. The fourth-order valence-corrected chi connectivity index (χ4v) is 2.28. The van der Waals surface area contributed by atoms with Crippen LogP contribution in [0.2, 0.25) is 0 Å². The average molecular weight is 336 g/mol. The van der Waals surface area contributed by atoms with Gasteiger partial charge >= 0.3 is 0 Å². The van der Waals surface area contributed by atoms with Crippen LogP contribution in [0.1, 0.15) is 16.8 Å². The van der Waals surface area contributed by atoms with Crippen molar-refractivity contribution in [3.8, 4) is 0 Å². The van der Waals surface area contributed by atoms with E-state index in [0.29, 0.717) is 16.6 Å². The smallest absolute Gasteiger partial charge is 0.251 e. The first kappa shape index (κ1) is 15.5. The maximum Gasteiger partial charge on any atom is 0.251 e. The van der Waals surface area contributed by atoms with Gasteiger partial charge in [-0.25, -0.2) is 4.39 Å². The van der Waals surface area contributed by atoms with Gasteiger partial charge in [0.2, 0.25) is 0 Å². The molecule has 1 aromatic carbocycles. The average Bonchev–Trinajstić information content (AvgIpc) is 2.36. The third kappa shape index (κ3) is 5.37. The van der Waals surface area contributed by atoms with Crippen LogP contribution in [0, 0.1) is 5.82 Å². The molecule has 0 atom stereocenters. The normalized spacial score (nSPS) is 10.4. The number of thioether (sulfide) groups is 1. The Morgan fingerprint density at radius 2 is 2.22 bits per heavy atom. The molecule has 0 spiro atoms. The SMILES string of the molecule is O=C(NCCSCCCO)c1ccc(Br)c(F)c1. The Bertz CT molecular complexity index is 404. The van der Waals surface area contributed by atoms with E-state index in [1.165, 1.54) is 12.1 Å². The number of aliphatic hydroxyl groups is 1. The van der Waals surface area contributed by atoms with Crippen LogP contribution in [0.15, 0.2) is 22.7 Å². The van der Waals surface area contributed by atoms with E-state index in [4.69, 9.17) is 5.11 Å². The van der Waals surface area contributed by atoms with E-state index in [1.54, 1.807) is 17.8 Å². The summed E-state index contributed by atoms with van der Waals surface area (Å²) in [5, 5.41) is 11.3. The van der Waals surface area contributed by atoms with Crippen LogP contribution in [0.4, 0.5) is 4.39 Å². The number of benzene rings is 1. The first-order chi connectivity index (χ1) is 8.65. The molecular weight excluding hydrogens is 321 g/mol. The van der Waals surface area contributed by atoms with Gasteiger partial charge in [0.1, 0.15) is 5.82 Å². The quantitative estimate of drug-likeness (QED) is 0.752. The molecule has 18 heavy (non-hydrogen) atoms. The number of aliphatic hydroxyl groups excluding tert-OH is 1. The summed E-state index contributed by atoms with van der Waals surface area (Å²) in [6.45, 7) is 0.726. The van der Waals surface area contributed by atoms with E-state index in [2.05, 4.69) is 21.2 Å². The highest BCUT2D eigenvalue weighted by Crippen LogP contribution is 2.16. The van der Waals surface area contributed by atoms with Crippen molar-refractivity contribution in [2.75, 3.05) is 24.7 Å². The Kier molecular flexibility index (Phi) is 7.31. The van der Waals surface area contributed by atoms with Crippen molar-refractivity contribution in [1.29, 1.82) is 0 Å². The first-order valence-corrected chi connectivity index (χ1v) is 7.51. The predicted octanol–water partition coefficient (Wildman–Crippen LogP) is 2.43. The van der Waals surface area contributed by atoms with E-state index in [-0.39, 0.29) is 12.5 Å². The van der Waals surface area contributed by atoms with Crippen LogP contribution >= 0.6 is 27.7 Å². The third-order valence-corrected chi connectivity index (χ3v) is 3.87. The van der Waals surface area contributed by atoms with E-state index >= 15 is 0 Å². The fourth-order valence-electron chi connectivity index (χ4n) is 1.24. The Morgan fingerprint density at radius 3 is 2.89 bits per heavy atom. The largest absolute Gasteiger partial charge is 0.396 e. The minimum Gasteiger partial charge on any atom is -0.396 e. The number of carbonyl (C=O) groups is 1. The highest BCUT2D eigenvalue weighted by Gasteiger charge is 2.07. The summed E-state index contributed by atoms with van der Waals surface area (Å²) in [6, 6.07) is 4.29. The van der Waals surface area contributed by atoms with Gasteiger partial charge < -0.3 is 10.4 Å². The molecule has 0 bridgehead atoms. The van der Waals surface area contributed by atoms with Crippen molar-refractivity contribution in [2.24, 2.45) is 0 Å². The lowest BCUT2D eigenvalue weighted by Crippen LogP contribution is -2.25. The van der Waals surface area contributed by atoms with Crippen LogP contribution in [0.3, 0.4) is 0 Å². The van der Waals surface area contributed by atoms with Crippen molar-refractivity contribution in [3.63, 3.8) is 0 Å². The van der Waals surface area contributed by atoms with Crippen molar-refractivity contribution in [1.82, 2.24) is 5.32 Å². The monoisotopic (exact) mass is 335 g/mol. The number of hydrogen-bond donors (Lipinski definition) is 2. The van der Waals surface area contributed by atoms with Gasteiger partial charge in [-0.2, -0.15) is 11.8 Å². The van der Waals surface area contributed by atoms with E-state index in [1.807, 2.05) is 0 Å². The summed E-state index contributed by atoms with van der Waals surface area (Å²) in [6.07, 6.45) is 0.760. The first-order valence-electron chi connectivity index (χ1n) is 5.57. The minimum atomic E-state index is -0.444. The zero-order chi connectivity index (χ0) is 13.4. The summed E-state index contributed by atoms with van der Waals surface area (Å²) in [5.41, 5.74) is 0.316. The van der Waals surface area contributed by atoms with Gasteiger partial charge in [-0.05, 0) is 46.3 Å². The molecule has 0 saturated heterocycles. The molecule has 6 heteroatoms. The lowest BCUT2D eigenvalue weighted by molar-refractivity contribution is 0.0955. The van der Waals surface area contributed by atoms with Gasteiger partial charge in [-0.1, -0.05) is 0 Å². The second kappa shape index (κ2) is 8.50. The Morgan fingerprint density at radius 1 is 1.44 bits per heavy atom. The van der Waals surface area contributed by atoms with Crippen LogP contribution < -0.4 is 5.32 Å². The van der Waals surface area contributed by atoms with Gasteiger partial charge in [-0.3, -0.25) is 4.79 Å². The minimum absolute atomic E-state index is 0.192. The van der Waals surface area contributed by atoms with Crippen molar-refractivity contribution in [3.05, 3.63) is 34.1 Å². The molecule has 0 aliphatic rings.